The van der Waals surface area contributed by atoms with Gasteiger partial charge in [-0.25, -0.2) is 9.37 Å². The quantitative estimate of drug-likeness (QED) is 0.630. The Morgan fingerprint density at radius 1 is 1.22 bits per heavy atom. The van der Waals surface area contributed by atoms with E-state index in [4.69, 9.17) is 11.6 Å². The van der Waals surface area contributed by atoms with Gasteiger partial charge in [0, 0.05) is 29.7 Å². The summed E-state index contributed by atoms with van der Waals surface area (Å²) in [5, 5.41) is 3.52. The minimum absolute atomic E-state index is 0.0797. The Bertz CT molecular complexity index is 927. The number of carbonyl (C=O) groups excluding carboxylic acids is 1. The van der Waals surface area contributed by atoms with E-state index in [9.17, 15) is 9.18 Å². The molecular formula is C20H19ClFN3OS. The van der Waals surface area contributed by atoms with E-state index in [1.807, 2.05) is 31.2 Å². The molecule has 1 heterocycles. The maximum Gasteiger partial charge on any atom is 0.230 e. The van der Waals surface area contributed by atoms with Gasteiger partial charge in [0.2, 0.25) is 5.91 Å². The van der Waals surface area contributed by atoms with Crippen LogP contribution in [0.1, 0.15) is 17.0 Å². The number of hydrogen-bond donors (Lipinski definition) is 1. The maximum atomic E-state index is 14.4. The second-order valence-corrected chi connectivity index (χ2v) is 7.45. The zero-order chi connectivity index (χ0) is 19.2. The largest absolute Gasteiger partial charge is 0.351 e. The average molecular weight is 404 g/mol. The van der Waals surface area contributed by atoms with Crippen molar-refractivity contribution in [3.63, 3.8) is 0 Å². The molecule has 0 saturated heterocycles. The molecule has 0 spiro atoms. The molecular weight excluding hydrogens is 385 g/mol. The number of rotatable bonds is 7. The van der Waals surface area contributed by atoms with Gasteiger partial charge in [-0.3, -0.25) is 4.79 Å². The lowest BCUT2D eigenvalue weighted by molar-refractivity contribution is -0.118. The van der Waals surface area contributed by atoms with Crippen molar-refractivity contribution in [1.29, 1.82) is 0 Å². The number of imidazole rings is 1. The first-order valence-electron chi connectivity index (χ1n) is 8.40. The van der Waals surface area contributed by atoms with Gasteiger partial charge in [-0.1, -0.05) is 29.8 Å². The van der Waals surface area contributed by atoms with Crippen LogP contribution in [0.4, 0.5) is 4.39 Å². The molecule has 1 aromatic heterocycles. The summed E-state index contributed by atoms with van der Waals surface area (Å²) in [6.07, 6.45) is 3.34. The molecule has 3 aromatic rings. The van der Waals surface area contributed by atoms with Crippen LogP contribution in [0.15, 0.2) is 54.9 Å². The molecule has 0 bridgehead atoms. The van der Waals surface area contributed by atoms with Gasteiger partial charge in [-0.15, -0.1) is 11.8 Å². The molecule has 0 aliphatic heterocycles. The maximum absolute atomic E-state index is 14.4. The molecule has 0 saturated carbocycles. The van der Waals surface area contributed by atoms with Crippen LogP contribution >= 0.6 is 23.4 Å². The van der Waals surface area contributed by atoms with Crippen LogP contribution in [0, 0.1) is 12.7 Å². The van der Waals surface area contributed by atoms with Crippen molar-refractivity contribution in [2.45, 2.75) is 19.2 Å². The first kappa shape index (κ1) is 19.5. The second-order valence-electron chi connectivity index (χ2n) is 6.03. The van der Waals surface area contributed by atoms with E-state index in [0.717, 1.165) is 11.3 Å². The molecule has 0 atom stereocenters. The van der Waals surface area contributed by atoms with Crippen molar-refractivity contribution in [3.8, 4) is 5.69 Å². The summed E-state index contributed by atoms with van der Waals surface area (Å²) in [5.74, 6) is 1.37. The topological polar surface area (TPSA) is 46.9 Å². The number of nitrogens with zero attached hydrogens (tertiary/aromatic N) is 2. The number of amides is 1. The van der Waals surface area contributed by atoms with Gasteiger partial charge < -0.3 is 9.88 Å². The standard InChI is InChI=1S/C20H19ClFN3OS/c1-14-23-8-9-25(14)19-7-4-16(10-18(19)22)11-24-20(26)13-27-12-15-2-5-17(21)6-3-15/h2-10H,11-13H2,1H3,(H,24,26). The Hall–Kier alpha value is -2.31. The molecule has 0 unspecified atom stereocenters. The predicted octanol–water partition coefficient (Wildman–Crippen LogP) is 4.52. The molecule has 1 amide bonds. The molecule has 2 aromatic carbocycles. The van der Waals surface area contributed by atoms with Crippen molar-refractivity contribution >= 4 is 29.3 Å². The lowest BCUT2D eigenvalue weighted by Crippen LogP contribution is -2.24. The highest BCUT2D eigenvalue weighted by atomic mass is 35.5. The van der Waals surface area contributed by atoms with Gasteiger partial charge >= 0.3 is 0 Å². The summed E-state index contributed by atoms with van der Waals surface area (Å²) in [7, 11) is 0. The third kappa shape index (κ3) is 5.34. The molecule has 27 heavy (non-hydrogen) atoms. The summed E-state index contributed by atoms with van der Waals surface area (Å²) in [6.45, 7) is 2.11. The molecule has 140 valence electrons. The van der Waals surface area contributed by atoms with Crippen LogP contribution in [0.5, 0.6) is 0 Å². The molecule has 0 aliphatic carbocycles. The second kappa shape index (κ2) is 9.06. The van der Waals surface area contributed by atoms with E-state index in [2.05, 4.69) is 10.3 Å². The molecule has 0 fully saturated rings. The molecule has 0 radical (unpaired) electrons. The van der Waals surface area contributed by atoms with Gasteiger partial charge in [-0.05, 0) is 42.3 Å². The molecule has 1 N–H and O–H groups in total. The van der Waals surface area contributed by atoms with Crippen LogP contribution in [-0.4, -0.2) is 21.2 Å². The Balaban J connectivity index is 1.48. The lowest BCUT2D eigenvalue weighted by atomic mass is 10.2. The van der Waals surface area contributed by atoms with Crippen molar-refractivity contribution in [1.82, 2.24) is 14.9 Å². The SMILES string of the molecule is Cc1nccn1-c1ccc(CNC(=O)CSCc2ccc(Cl)cc2)cc1F. The molecule has 3 rings (SSSR count). The summed E-state index contributed by atoms with van der Waals surface area (Å²) < 4.78 is 16.0. The average Bonchev–Trinajstić information content (AvgIpc) is 3.07. The van der Waals surface area contributed by atoms with Crippen LogP contribution in [0.2, 0.25) is 5.02 Å². The van der Waals surface area contributed by atoms with E-state index in [1.54, 1.807) is 29.1 Å². The summed E-state index contributed by atoms with van der Waals surface area (Å²) in [4.78, 5) is 16.1. The number of aryl methyl sites for hydroxylation is 1. The minimum Gasteiger partial charge on any atom is -0.351 e. The highest BCUT2D eigenvalue weighted by molar-refractivity contribution is 7.99. The smallest absolute Gasteiger partial charge is 0.230 e. The fourth-order valence-electron chi connectivity index (χ4n) is 2.58. The van der Waals surface area contributed by atoms with E-state index in [-0.39, 0.29) is 11.7 Å². The van der Waals surface area contributed by atoms with Gasteiger partial charge in [-0.2, -0.15) is 0 Å². The van der Waals surface area contributed by atoms with Crippen LogP contribution in [0.3, 0.4) is 0 Å². The molecule has 7 heteroatoms. The molecule has 4 nitrogen and oxygen atoms in total. The van der Waals surface area contributed by atoms with Crippen LogP contribution in [0.25, 0.3) is 5.69 Å². The predicted molar refractivity (Wildman–Crippen MR) is 108 cm³/mol. The van der Waals surface area contributed by atoms with E-state index in [1.165, 1.54) is 17.8 Å². The highest BCUT2D eigenvalue weighted by Crippen LogP contribution is 2.17. The number of halogens is 2. The van der Waals surface area contributed by atoms with E-state index >= 15 is 0 Å². The number of carbonyl (C=O) groups is 1. The minimum atomic E-state index is -0.347. The first-order valence-corrected chi connectivity index (χ1v) is 9.94. The fourth-order valence-corrected chi connectivity index (χ4v) is 3.53. The first-order chi connectivity index (χ1) is 13.0. The third-order valence-electron chi connectivity index (χ3n) is 4.00. The number of hydrogen-bond acceptors (Lipinski definition) is 3. The van der Waals surface area contributed by atoms with Gasteiger partial charge in [0.05, 0.1) is 11.4 Å². The van der Waals surface area contributed by atoms with Crippen molar-refractivity contribution in [2.75, 3.05) is 5.75 Å². The van der Waals surface area contributed by atoms with Gasteiger partial charge in [0.15, 0.2) is 0 Å². The summed E-state index contributed by atoms with van der Waals surface area (Å²) >= 11 is 7.37. The lowest BCUT2D eigenvalue weighted by Gasteiger charge is -2.10. The number of thioether (sulfide) groups is 1. The number of aromatic nitrogens is 2. The molecule has 0 aliphatic rings. The van der Waals surface area contributed by atoms with Crippen molar-refractivity contribution < 1.29 is 9.18 Å². The van der Waals surface area contributed by atoms with E-state index < -0.39 is 0 Å². The number of benzene rings is 2. The Morgan fingerprint density at radius 2 is 1.96 bits per heavy atom. The fraction of sp³-hybridized carbons (Fsp3) is 0.200. The van der Waals surface area contributed by atoms with Gasteiger partial charge in [0.1, 0.15) is 11.6 Å². The third-order valence-corrected chi connectivity index (χ3v) is 5.26. The van der Waals surface area contributed by atoms with Crippen LogP contribution in [-0.2, 0) is 17.1 Å². The monoisotopic (exact) mass is 403 g/mol. The highest BCUT2D eigenvalue weighted by Gasteiger charge is 2.09. The summed E-state index contributed by atoms with van der Waals surface area (Å²) in [6, 6.07) is 12.5. The Kier molecular flexibility index (Phi) is 6.53. The zero-order valence-electron chi connectivity index (χ0n) is 14.8. The Morgan fingerprint density at radius 3 is 2.63 bits per heavy atom. The number of nitrogens with one attached hydrogen (secondary N) is 1. The van der Waals surface area contributed by atoms with E-state index in [0.29, 0.717) is 34.4 Å². The van der Waals surface area contributed by atoms with Crippen molar-refractivity contribution in [3.05, 3.63) is 82.6 Å². The van der Waals surface area contributed by atoms with Gasteiger partial charge in [0.25, 0.3) is 0 Å². The van der Waals surface area contributed by atoms with Crippen LogP contribution < -0.4 is 5.32 Å². The summed E-state index contributed by atoms with van der Waals surface area (Å²) in [5.41, 5.74) is 2.27. The van der Waals surface area contributed by atoms with Crippen molar-refractivity contribution in [2.24, 2.45) is 0 Å². The Labute approximate surface area is 166 Å². The normalized spacial score (nSPS) is 10.8. The zero-order valence-corrected chi connectivity index (χ0v) is 16.4.